The summed E-state index contributed by atoms with van der Waals surface area (Å²) in [5, 5.41) is 0. The zero-order chi connectivity index (χ0) is 9.68. The molecule has 0 aliphatic heterocycles. The Bertz CT molecular complexity index is 284. The monoisotopic (exact) mass is 262 g/mol. The van der Waals surface area contributed by atoms with Crippen LogP contribution in [0.15, 0.2) is 28.7 Å². The molecule has 13 heavy (non-hydrogen) atoms. The van der Waals surface area contributed by atoms with Gasteiger partial charge in [-0.05, 0) is 24.3 Å². The van der Waals surface area contributed by atoms with Gasteiger partial charge >= 0.3 is 0 Å². The van der Waals surface area contributed by atoms with Crippen LogP contribution in [-0.2, 0) is 4.79 Å². The Kier molecular flexibility index (Phi) is 4.25. The number of carbonyl (C=O) groups excluding carboxylic acids is 1. The molecule has 0 aliphatic rings. The highest BCUT2D eigenvalue weighted by molar-refractivity contribution is 9.10. The lowest BCUT2D eigenvalue weighted by Crippen LogP contribution is -2.11. The average Bonchev–Trinajstić information content (AvgIpc) is 2.16. The van der Waals surface area contributed by atoms with Crippen LogP contribution in [-0.4, -0.2) is 18.3 Å². The fourth-order valence-electron chi connectivity index (χ4n) is 0.733. The quantitative estimate of drug-likeness (QED) is 0.781. The molecule has 4 heteroatoms. The van der Waals surface area contributed by atoms with Gasteiger partial charge in [-0.25, -0.2) is 0 Å². The van der Waals surface area contributed by atoms with Crippen LogP contribution >= 0.6 is 27.5 Å². The molecule has 0 heterocycles. The Labute approximate surface area is 90.0 Å². The van der Waals surface area contributed by atoms with Gasteiger partial charge in [0, 0.05) is 4.47 Å². The largest absolute Gasteiger partial charge is 0.486 e. The fourth-order valence-corrected chi connectivity index (χ4v) is 1.07. The first-order valence-electron chi connectivity index (χ1n) is 3.68. The molecule has 0 bridgehead atoms. The van der Waals surface area contributed by atoms with Gasteiger partial charge in [-0.3, -0.25) is 4.79 Å². The highest BCUT2D eigenvalue weighted by atomic mass is 79.9. The summed E-state index contributed by atoms with van der Waals surface area (Å²) in [7, 11) is 0. The summed E-state index contributed by atoms with van der Waals surface area (Å²) >= 11 is 8.60. The second kappa shape index (κ2) is 5.25. The predicted octanol–water partition coefficient (Wildman–Crippen LogP) is 2.64. The van der Waals surface area contributed by atoms with Crippen molar-refractivity contribution in [1.29, 1.82) is 0 Å². The number of ether oxygens (including phenoxy) is 1. The van der Waals surface area contributed by atoms with Crippen LogP contribution in [0, 0.1) is 0 Å². The summed E-state index contributed by atoms with van der Waals surface area (Å²) in [5.74, 6) is 0.544. The smallest absolute Gasteiger partial charge is 0.184 e. The van der Waals surface area contributed by atoms with E-state index in [1.54, 1.807) is 12.1 Å². The maximum absolute atomic E-state index is 10.8. The number of carbonyl (C=O) groups is 1. The van der Waals surface area contributed by atoms with Gasteiger partial charge in [-0.15, -0.1) is 11.6 Å². The number of benzene rings is 1. The van der Waals surface area contributed by atoms with Gasteiger partial charge in [0.15, 0.2) is 5.78 Å². The second-order valence-corrected chi connectivity index (χ2v) is 3.60. The van der Waals surface area contributed by atoms with Crippen molar-refractivity contribution in [1.82, 2.24) is 0 Å². The molecular weight excluding hydrogens is 255 g/mol. The molecule has 0 saturated heterocycles. The highest BCUT2D eigenvalue weighted by Gasteiger charge is 2.00. The number of alkyl halides is 1. The van der Waals surface area contributed by atoms with Gasteiger partial charge in [-0.2, -0.15) is 0 Å². The topological polar surface area (TPSA) is 26.3 Å². The van der Waals surface area contributed by atoms with Crippen molar-refractivity contribution >= 4 is 33.3 Å². The zero-order valence-corrected chi connectivity index (χ0v) is 9.14. The maximum atomic E-state index is 10.8. The van der Waals surface area contributed by atoms with Crippen molar-refractivity contribution in [3.8, 4) is 5.75 Å². The molecule has 1 rings (SSSR count). The van der Waals surface area contributed by atoms with E-state index in [1.807, 2.05) is 12.1 Å². The highest BCUT2D eigenvalue weighted by Crippen LogP contribution is 2.15. The van der Waals surface area contributed by atoms with Gasteiger partial charge in [0.25, 0.3) is 0 Å². The minimum absolute atomic E-state index is 0.00344. The standard InChI is InChI=1S/C9H8BrClO2/c10-7-1-3-9(4-2-7)13-6-8(12)5-11/h1-4H,5-6H2. The minimum Gasteiger partial charge on any atom is -0.486 e. The number of halogens is 2. The van der Waals surface area contributed by atoms with E-state index in [2.05, 4.69) is 15.9 Å². The third kappa shape index (κ3) is 3.79. The first kappa shape index (κ1) is 10.5. The van der Waals surface area contributed by atoms with Crippen molar-refractivity contribution in [2.24, 2.45) is 0 Å². The molecule has 0 N–H and O–H groups in total. The molecule has 0 aliphatic carbocycles. The summed E-state index contributed by atoms with van der Waals surface area (Å²) in [6, 6.07) is 7.26. The lowest BCUT2D eigenvalue weighted by atomic mass is 10.3. The molecule has 0 atom stereocenters. The molecule has 0 aromatic heterocycles. The fraction of sp³-hybridized carbons (Fsp3) is 0.222. The minimum atomic E-state index is -0.121. The third-order valence-corrected chi connectivity index (χ3v) is 2.19. The molecule has 0 amide bonds. The van der Waals surface area contributed by atoms with Gasteiger partial charge in [-0.1, -0.05) is 15.9 Å². The van der Waals surface area contributed by atoms with E-state index >= 15 is 0 Å². The van der Waals surface area contributed by atoms with Crippen molar-refractivity contribution in [2.45, 2.75) is 0 Å². The van der Waals surface area contributed by atoms with Crippen molar-refractivity contribution < 1.29 is 9.53 Å². The molecule has 0 saturated carbocycles. The molecule has 0 radical (unpaired) electrons. The van der Waals surface area contributed by atoms with Gasteiger partial charge < -0.3 is 4.74 Å². The summed E-state index contributed by atoms with van der Waals surface area (Å²) in [4.78, 5) is 10.8. The van der Waals surface area contributed by atoms with E-state index in [4.69, 9.17) is 16.3 Å². The Morgan fingerprint density at radius 2 is 2.00 bits per heavy atom. The van der Waals surface area contributed by atoms with E-state index in [0.717, 1.165) is 4.47 Å². The molecule has 0 unspecified atom stereocenters. The van der Waals surface area contributed by atoms with Crippen molar-refractivity contribution in [3.05, 3.63) is 28.7 Å². The van der Waals surface area contributed by atoms with E-state index in [0.29, 0.717) is 5.75 Å². The van der Waals surface area contributed by atoms with E-state index in [-0.39, 0.29) is 18.3 Å². The van der Waals surface area contributed by atoms with E-state index < -0.39 is 0 Å². The van der Waals surface area contributed by atoms with Gasteiger partial charge in [0.1, 0.15) is 12.4 Å². The van der Waals surface area contributed by atoms with E-state index in [9.17, 15) is 4.79 Å². The Morgan fingerprint density at radius 3 is 2.54 bits per heavy atom. The van der Waals surface area contributed by atoms with Crippen LogP contribution in [0.1, 0.15) is 0 Å². The van der Waals surface area contributed by atoms with Crippen LogP contribution < -0.4 is 4.74 Å². The number of hydrogen-bond donors (Lipinski definition) is 0. The van der Waals surface area contributed by atoms with Gasteiger partial charge in [0.2, 0.25) is 0 Å². The summed E-state index contributed by atoms with van der Waals surface area (Å²) in [6.45, 7) is 0.0329. The first-order chi connectivity index (χ1) is 6.22. The SMILES string of the molecule is O=C(CCl)COc1ccc(Br)cc1. The molecule has 1 aromatic carbocycles. The summed E-state index contributed by atoms with van der Waals surface area (Å²) < 4.78 is 6.13. The van der Waals surface area contributed by atoms with Crippen LogP contribution in [0.4, 0.5) is 0 Å². The van der Waals surface area contributed by atoms with Crippen LogP contribution in [0.25, 0.3) is 0 Å². The Balaban J connectivity index is 2.46. The van der Waals surface area contributed by atoms with Crippen LogP contribution in [0.5, 0.6) is 5.75 Å². The lowest BCUT2D eigenvalue weighted by Gasteiger charge is -2.03. The number of ketones is 1. The Morgan fingerprint density at radius 1 is 1.38 bits per heavy atom. The first-order valence-corrected chi connectivity index (χ1v) is 5.01. The van der Waals surface area contributed by atoms with Crippen LogP contribution in [0.2, 0.25) is 0 Å². The molecule has 1 aromatic rings. The number of hydrogen-bond acceptors (Lipinski definition) is 2. The summed E-state index contributed by atoms with van der Waals surface area (Å²) in [5.41, 5.74) is 0. The van der Waals surface area contributed by atoms with Crippen LogP contribution in [0.3, 0.4) is 0 Å². The van der Waals surface area contributed by atoms with Crippen molar-refractivity contribution in [2.75, 3.05) is 12.5 Å². The third-order valence-electron chi connectivity index (χ3n) is 1.36. The zero-order valence-electron chi connectivity index (χ0n) is 6.80. The van der Waals surface area contributed by atoms with Gasteiger partial charge in [0.05, 0.1) is 5.88 Å². The lowest BCUT2D eigenvalue weighted by molar-refractivity contribution is -0.118. The Hall–Kier alpha value is -0.540. The number of rotatable bonds is 4. The predicted molar refractivity (Wildman–Crippen MR) is 55.4 cm³/mol. The normalized spacial score (nSPS) is 9.69. The molecule has 2 nitrogen and oxygen atoms in total. The van der Waals surface area contributed by atoms with E-state index in [1.165, 1.54) is 0 Å². The molecule has 70 valence electrons. The molecular formula is C9H8BrClO2. The van der Waals surface area contributed by atoms with Crippen molar-refractivity contribution in [3.63, 3.8) is 0 Å². The molecule has 0 spiro atoms. The summed E-state index contributed by atoms with van der Waals surface area (Å²) in [6.07, 6.45) is 0. The second-order valence-electron chi connectivity index (χ2n) is 2.41. The average molecular weight is 264 g/mol. The number of Topliss-reactive ketones (excluding diaryl/α,β-unsaturated/α-hetero) is 1. The maximum Gasteiger partial charge on any atom is 0.184 e. The molecule has 0 fully saturated rings.